The monoisotopic (exact) mass is 315 g/mol. The van der Waals surface area contributed by atoms with Crippen LogP contribution in [-0.2, 0) is 9.59 Å². The number of nitrogens with zero attached hydrogens (tertiary/aromatic N) is 1. The first-order chi connectivity index (χ1) is 9.41. The van der Waals surface area contributed by atoms with Gasteiger partial charge in [-0.05, 0) is 37.5 Å². The Kier molecular flexibility index (Phi) is 4.55. The normalized spacial score (nSPS) is 19.9. The fraction of sp³-hybridized carbons (Fsp3) is 0.429. The number of amides is 1. The van der Waals surface area contributed by atoms with Crippen molar-refractivity contribution in [2.75, 3.05) is 6.54 Å². The van der Waals surface area contributed by atoms with Crippen molar-refractivity contribution in [1.82, 2.24) is 4.90 Å². The Morgan fingerprint density at radius 3 is 2.65 bits per heavy atom. The number of carbonyl (C=O) groups excluding carboxylic acids is 1. The smallest absolute Gasteiger partial charge is 0.315 e. The van der Waals surface area contributed by atoms with Gasteiger partial charge in [0.1, 0.15) is 5.92 Å². The summed E-state index contributed by atoms with van der Waals surface area (Å²) in [6.07, 6.45) is 1.65. The van der Waals surface area contributed by atoms with Gasteiger partial charge in [-0.25, -0.2) is 0 Å². The number of carboxylic acid groups (broad SMARTS) is 1. The maximum Gasteiger partial charge on any atom is 0.315 e. The van der Waals surface area contributed by atoms with Gasteiger partial charge in [0.15, 0.2) is 0 Å². The van der Waals surface area contributed by atoms with Crippen LogP contribution in [-0.4, -0.2) is 28.4 Å². The molecule has 1 aromatic carbocycles. The number of hydrogen-bond acceptors (Lipinski definition) is 2. The van der Waals surface area contributed by atoms with E-state index in [9.17, 15) is 9.59 Å². The maximum absolute atomic E-state index is 12.2. The number of rotatable bonds is 3. The fourth-order valence-electron chi connectivity index (χ4n) is 2.45. The van der Waals surface area contributed by atoms with E-state index in [1.807, 2.05) is 6.07 Å². The molecule has 1 aliphatic heterocycles. The summed E-state index contributed by atoms with van der Waals surface area (Å²) in [5, 5.41) is 9.87. The molecule has 1 aromatic rings. The minimum absolute atomic E-state index is 0.126. The van der Waals surface area contributed by atoms with Gasteiger partial charge in [-0.1, -0.05) is 29.3 Å². The van der Waals surface area contributed by atoms with E-state index in [-0.39, 0.29) is 11.9 Å². The van der Waals surface area contributed by atoms with Crippen LogP contribution in [0.3, 0.4) is 0 Å². The molecule has 2 atom stereocenters. The Morgan fingerprint density at radius 2 is 2.05 bits per heavy atom. The van der Waals surface area contributed by atoms with Gasteiger partial charge in [0, 0.05) is 6.54 Å². The molecule has 1 fully saturated rings. The summed E-state index contributed by atoms with van der Waals surface area (Å²) in [7, 11) is 0. The van der Waals surface area contributed by atoms with E-state index in [0.29, 0.717) is 16.6 Å². The summed E-state index contributed by atoms with van der Waals surface area (Å²) in [6.45, 7) is 1.98. The van der Waals surface area contributed by atoms with Crippen LogP contribution in [0.1, 0.15) is 31.4 Å². The number of benzene rings is 1. The number of likely N-dealkylation sites (tertiary alicyclic amines) is 1. The van der Waals surface area contributed by atoms with Gasteiger partial charge in [0.2, 0.25) is 5.91 Å². The number of aliphatic carboxylic acids is 1. The predicted octanol–water partition coefficient (Wildman–Crippen LogP) is 3.38. The Bertz CT molecular complexity index is 547. The number of carboxylic acids is 1. The molecular formula is C14H15Cl2NO3. The van der Waals surface area contributed by atoms with E-state index in [1.54, 1.807) is 17.0 Å². The molecular weight excluding hydrogens is 301 g/mol. The van der Waals surface area contributed by atoms with Crippen LogP contribution in [0.2, 0.25) is 10.0 Å². The van der Waals surface area contributed by atoms with Crippen LogP contribution in [0.25, 0.3) is 0 Å². The summed E-state index contributed by atoms with van der Waals surface area (Å²) in [5.41, 5.74) is 0.892. The van der Waals surface area contributed by atoms with Gasteiger partial charge in [0.25, 0.3) is 0 Å². The van der Waals surface area contributed by atoms with Gasteiger partial charge in [-0.3, -0.25) is 9.59 Å². The minimum Gasteiger partial charge on any atom is -0.481 e. The molecule has 1 heterocycles. The standard InChI is InChI=1S/C14H15Cl2NO3/c1-8(14(19)20)13(18)17-6-2-3-12(17)9-4-5-10(15)11(16)7-9/h4-5,7-8,12H,2-3,6H2,1H3,(H,19,20). The van der Waals surface area contributed by atoms with E-state index in [1.165, 1.54) is 6.92 Å². The average Bonchev–Trinajstić information content (AvgIpc) is 2.89. The summed E-state index contributed by atoms with van der Waals surface area (Å²) >= 11 is 11.9. The first kappa shape index (κ1) is 15.1. The van der Waals surface area contributed by atoms with Crippen molar-refractivity contribution >= 4 is 35.1 Å². The number of carbonyl (C=O) groups is 2. The molecule has 1 amide bonds. The van der Waals surface area contributed by atoms with E-state index < -0.39 is 11.9 Å². The first-order valence-corrected chi connectivity index (χ1v) is 7.15. The van der Waals surface area contributed by atoms with Crippen LogP contribution >= 0.6 is 23.2 Å². The lowest BCUT2D eigenvalue weighted by Gasteiger charge is -2.27. The predicted molar refractivity (Wildman–Crippen MR) is 76.9 cm³/mol. The second-order valence-electron chi connectivity index (χ2n) is 4.92. The molecule has 1 aliphatic rings. The molecule has 0 bridgehead atoms. The van der Waals surface area contributed by atoms with Crippen molar-refractivity contribution in [3.63, 3.8) is 0 Å². The zero-order chi connectivity index (χ0) is 14.9. The zero-order valence-corrected chi connectivity index (χ0v) is 12.5. The summed E-state index contributed by atoms with van der Waals surface area (Å²) < 4.78 is 0. The van der Waals surface area contributed by atoms with Gasteiger partial charge in [-0.2, -0.15) is 0 Å². The molecule has 20 heavy (non-hydrogen) atoms. The lowest BCUT2D eigenvalue weighted by Crippen LogP contribution is -2.37. The van der Waals surface area contributed by atoms with Crippen LogP contribution in [0, 0.1) is 5.92 Å². The molecule has 6 heteroatoms. The molecule has 1 saturated heterocycles. The second-order valence-corrected chi connectivity index (χ2v) is 5.74. The molecule has 0 spiro atoms. The maximum atomic E-state index is 12.2. The molecule has 108 valence electrons. The SMILES string of the molecule is CC(C(=O)O)C(=O)N1CCCC1c1ccc(Cl)c(Cl)c1. The molecule has 2 unspecified atom stereocenters. The van der Waals surface area contributed by atoms with Gasteiger partial charge in [0.05, 0.1) is 16.1 Å². The Balaban J connectivity index is 2.24. The third-order valence-electron chi connectivity index (χ3n) is 3.61. The topological polar surface area (TPSA) is 57.6 Å². The van der Waals surface area contributed by atoms with Crippen molar-refractivity contribution in [2.45, 2.75) is 25.8 Å². The fourth-order valence-corrected chi connectivity index (χ4v) is 2.76. The number of halogens is 2. The number of hydrogen-bond donors (Lipinski definition) is 1. The summed E-state index contributed by atoms with van der Waals surface area (Å²) in [4.78, 5) is 24.8. The Hall–Kier alpha value is -1.26. The van der Waals surface area contributed by atoms with Crippen LogP contribution < -0.4 is 0 Å². The van der Waals surface area contributed by atoms with Crippen LogP contribution in [0.4, 0.5) is 0 Å². The molecule has 0 saturated carbocycles. The van der Waals surface area contributed by atoms with Crippen LogP contribution in [0.5, 0.6) is 0 Å². The van der Waals surface area contributed by atoms with Crippen molar-refractivity contribution in [3.8, 4) is 0 Å². The van der Waals surface area contributed by atoms with Crippen molar-refractivity contribution in [3.05, 3.63) is 33.8 Å². The quantitative estimate of drug-likeness (QED) is 0.870. The average molecular weight is 316 g/mol. The molecule has 0 radical (unpaired) electrons. The third kappa shape index (κ3) is 2.91. The van der Waals surface area contributed by atoms with Crippen LogP contribution in [0.15, 0.2) is 18.2 Å². The van der Waals surface area contributed by atoms with Crippen molar-refractivity contribution in [2.24, 2.45) is 5.92 Å². The molecule has 1 N–H and O–H groups in total. The van der Waals surface area contributed by atoms with E-state index in [2.05, 4.69) is 0 Å². The molecule has 4 nitrogen and oxygen atoms in total. The highest BCUT2D eigenvalue weighted by Gasteiger charge is 2.34. The lowest BCUT2D eigenvalue weighted by molar-refractivity contribution is -0.150. The summed E-state index contributed by atoms with van der Waals surface area (Å²) in [5.74, 6) is -2.49. The Labute approximate surface area is 127 Å². The van der Waals surface area contributed by atoms with Gasteiger partial charge < -0.3 is 10.0 Å². The highest BCUT2D eigenvalue weighted by atomic mass is 35.5. The molecule has 2 rings (SSSR count). The second kappa shape index (κ2) is 6.02. The van der Waals surface area contributed by atoms with E-state index in [4.69, 9.17) is 28.3 Å². The highest BCUT2D eigenvalue weighted by Crippen LogP contribution is 2.35. The minimum atomic E-state index is -1.10. The largest absolute Gasteiger partial charge is 0.481 e. The molecule has 0 aromatic heterocycles. The van der Waals surface area contributed by atoms with E-state index >= 15 is 0 Å². The zero-order valence-electron chi connectivity index (χ0n) is 11.0. The van der Waals surface area contributed by atoms with E-state index in [0.717, 1.165) is 18.4 Å². The third-order valence-corrected chi connectivity index (χ3v) is 4.34. The van der Waals surface area contributed by atoms with Gasteiger partial charge >= 0.3 is 5.97 Å². The van der Waals surface area contributed by atoms with Crippen molar-refractivity contribution in [1.29, 1.82) is 0 Å². The van der Waals surface area contributed by atoms with Crippen molar-refractivity contribution < 1.29 is 14.7 Å². The highest BCUT2D eigenvalue weighted by molar-refractivity contribution is 6.42. The molecule has 0 aliphatic carbocycles. The summed E-state index contributed by atoms with van der Waals surface area (Å²) in [6, 6.07) is 5.14. The first-order valence-electron chi connectivity index (χ1n) is 6.40. The van der Waals surface area contributed by atoms with Gasteiger partial charge in [-0.15, -0.1) is 0 Å². The lowest BCUT2D eigenvalue weighted by atomic mass is 10.0. The Morgan fingerprint density at radius 1 is 1.35 bits per heavy atom.